The van der Waals surface area contributed by atoms with E-state index in [1.165, 1.54) is 7.11 Å². The minimum Gasteiger partial charge on any atom is -0.465 e. The monoisotopic (exact) mass is 264 g/mol. The number of fused-ring (bicyclic) bond motifs is 1. The SMILES string of the molecule is COC(=O)c1ccc(-c2cnc3ccccc3n2)cc1. The number of hydrogen-bond donors (Lipinski definition) is 0. The van der Waals surface area contributed by atoms with Crippen LogP contribution in [0.4, 0.5) is 0 Å². The fourth-order valence-corrected chi connectivity index (χ4v) is 1.99. The predicted octanol–water partition coefficient (Wildman–Crippen LogP) is 3.08. The Hall–Kier alpha value is -2.75. The zero-order valence-corrected chi connectivity index (χ0v) is 10.9. The van der Waals surface area contributed by atoms with E-state index in [2.05, 4.69) is 14.7 Å². The van der Waals surface area contributed by atoms with Crippen molar-refractivity contribution in [1.29, 1.82) is 0 Å². The summed E-state index contributed by atoms with van der Waals surface area (Å²) in [6.07, 6.45) is 1.73. The molecule has 4 heteroatoms. The molecular weight excluding hydrogens is 252 g/mol. The molecule has 1 aromatic heterocycles. The van der Waals surface area contributed by atoms with E-state index in [1.54, 1.807) is 18.3 Å². The van der Waals surface area contributed by atoms with Gasteiger partial charge in [-0.05, 0) is 24.3 Å². The van der Waals surface area contributed by atoms with E-state index in [4.69, 9.17) is 0 Å². The Morgan fingerprint density at radius 1 is 1.00 bits per heavy atom. The number of benzene rings is 2. The van der Waals surface area contributed by atoms with Gasteiger partial charge in [0.05, 0.1) is 35.6 Å². The predicted molar refractivity (Wildman–Crippen MR) is 76.3 cm³/mol. The molecule has 2 aromatic carbocycles. The summed E-state index contributed by atoms with van der Waals surface area (Å²) in [7, 11) is 1.37. The number of rotatable bonds is 2. The summed E-state index contributed by atoms with van der Waals surface area (Å²) in [4.78, 5) is 20.3. The van der Waals surface area contributed by atoms with Gasteiger partial charge >= 0.3 is 5.97 Å². The lowest BCUT2D eigenvalue weighted by molar-refractivity contribution is 0.0601. The van der Waals surface area contributed by atoms with E-state index < -0.39 is 0 Å². The van der Waals surface area contributed by atoms with Gasteiger partial charge in [0.2, 0.25) is 0 Å². The molecule has 0 radical (unpaired) electrons. The summed E-state index contributed by atoms with van der Waals surface area (Å²) in [6.45, 7) is 0. The van der Waals surface area contributed by atoms with E-state index in [-0.39, 0.29) is 5.97 Å². The van der Waals surface area contributed by atoms with Gasteiger partial charge in [0.1, 0.15) is 0 Å². The van der Waals surface area contributed by atoms with E-state index in [1.807, 2.05) is 36.4 Å². The fourth-order valence-electron chi connectivity index (χ4n) is 1.99. The van der Waals surface area contributed by atoms with Crippen LogP contribution in [0.25, 0.3) is 22.3 Å². The normalized spacial score (nSPS) is 10.4. The Kier molecular flexibility index (Phi) is 3.13. The first kappa shape index (κ1) is 12.3. The third kappa shape index (κ3) is 2.23. The molecule has 1 heterocycles. The van der Waals surface area contributed by atoms with Crippen molar-refractivity contribution in [2.24, 2.45) is 0 Å². The van der Waals surface area contributed by atoms with Gasteiger partial charge in [0, 0.05) is 5.56 Å². The molecule has 4 nitrogen and oxygen atoms in total. The number of para-hydroxylation sites is 2. The number of esters is 1. The average molecular weight is 264 g/mol. The number of carbonyl (C=O) groups is 1. The second kappa shape index (κ2) is 5.09. The summed E-state index contributed by atoms with van der Waals surface area (Å²) >= 11 is 0. The largest absolute Gasteiger partial charge is 0.465 e. The molecule has 0 saturated heterocycles. The number of carbonyl (C=O) groups excluding carboxylic acids is 1. The lowest BCUT2D eigenvalue weighted by atomic mass is 10.1. The Labute approximate surface area is 116 Å². The molecule has 0 aliphatic heterocycles. The van der Waals surface area contributed by atoms with Crippen molar-refractivity contribution in [2.45, 2.75) is 0 Å². The molecule has 3 aromatic rings. The highest BCUT2D eigenvalue weighted by Crippen LogP contribution is 2.19. The van der Waals surface area contributed by atoms with Crippen molar-refractivity contribution in [3.63, 3.8) is 0 Å². The van der Waals surface area contributed by atoms with E-state index in [0.717, 1.165) is 22.3 Å². The van der Waals surface area contributed by atoms with Gasteiger partial charge in [-0.15, -0.1) is 0 Å². The van der Waals surface area contributed by atoms with Crippen LogP contribution in [0.1, 0.15) is 10.4 Å². The third-order valence-corrected chi connectivity index (χ3v) is 3.05. The summed E-state index contributed by atoms with van der Waals surface area (Å²) in [5.74, 6) is -0.346. The summed E-state index contributed by atoms with van der Waals surface area (Å²) < 4.78 is 4.67. The van der Waals surface area contributed by atoms with E-state index in [9.17, 15) is 4.79 Å². The van der Waals surface area contributed by atoms with Crippen molar-refractivity contribution >= 4 is 17.0 Å². The maximum atomic E-state index is 11.4. The molecular formula is C16H12N2O2. The maximum absolute atomic E-state index is 11.4. The van der Waals surface area contributed by atoms with Gasteiger partial charge in [-0.1, -0.05) is 24.3 Å². The quantitative estimate of drug-likeness (QED) is 0.667. The van der Waals surface area contributed by atoms with Gasteiger partial charge in [-0.2, -0.15) is 0 Å². The lowest BCUT2D eigenvalue weighted by Gasteiger charge is -2.04. The number of aromatic nitrogens is 2. The molecule has 0 spiro atoms. The third-order valence-electron chi connectivity index (χ3n) is 3.05. The van der Waals surface area contributed by atoms with Gasteiger partial charge in [0.15, 0.2) is 0 Å². The van der Waals surface area contributed by atoms with Crippen LogP contribution < -0.4 is 0 Å². The molecule has 0 amide bonds. The molecule has 98 valence electrons. The van der Waals surface area contributed by atoms with Gasteiger partial charge in [0.25, 0.3) is 0 Å². The Morgan fingerprint density at radius 2 is 1.70 bits per heavy atom. The minimum absolute atomic E-state index is 0.346. The molecule has 0 aliphatic rings. The van der Waals surface area contributed by atoms with Crippen molar-refractivity contribution < 1.29 is 9.53 Å². The standard InChI is InChI=1S/C16H12N2O2/c1-20-16(19)12-8-6-11(7-9-12)15-10-17-13-4-2-3-5-14(13)18-15/h2-10H,1H3. The van der Waals surface area contributed by atoms with E-state index in [0.29, 0.717) is 5.56 Å². The zero-order chi connectivity index (χ0) is 13.9. The second-order valence-corrected chi connectivity index (χ2v) is 4.31. The number of nitrogens with zero attached hydrogens (tertiary/aromatic N) is 2. The van der Waals surface area contributed by atoms with E-state index >= 15 is 0 Å². The Bertz CT molecular complexity index is 767. The highest BCUT2D eigenvalue weighted by Gasteiger charge is 2.06. The van der Waals surface area contributed by atoms with Crippen LogP contribution in [0.2, 0.25) is 0 Å². The van der Waals surface area contributed by atoms with Crippen molar-refractivity contribution in [1.82, 2.24) is 9.97 Å². The Balaban J connectivity index is 2.00. The van der Waals surface area contributed by atoms with Crippen LogP contribution in [0.5, 0.6) is 0 Å². The Morgan fingerprint density at radius 3 is 2.40 bits per heavy atom. The summed E-state index contributed by atoms with van der Waals surface area (Å²) in [5, 5.41) is 0. The van der Waals surface area contributed by atoms with Gasteiger partial charge < -0.3 is 4.74 Å². The van der Waals surface area contributed by atoms with Crippen LogP contribution in [0, 0.1) is 0 Å². The summed E-state index contributed by atoms with van der Waals surface area (Å²) in [6, 6.07) is 14.8. The van der Waals surface area contributed by atoms with Crippen LogP contribution in [0.15, 0.2) is 54.7 Å². The number of hydrogen-bond acceptors (Lipinski definition) is 4. The molecule has 0 unspecified atom stereocenters. The lowest BCUT2D eigenvalue weighted by Crippen LogP contribution is -2.00. The fraction of sp³-hybridized carbons (Fsp3) is 0.0625. The highest BCUT2D eigenvalue weighted by molar-refractivity contribution is 5.90. The molecule has 0 N–H and O–H groups in total. The highest BCUT2D eigenvalue weighted by atomic mass is 16.5. The van der Waals surface area contributed by atoms with Gasteiger partial charge in [-0.25, -0.2) is 9.78 Å². The van der Waals surface area contributed by atoms with Gasteiger partial charge in [-0.3, -0.25) is 4.98 Å². The number of methoxy groups -OCH3 is 1. The smallest absolute Gasteiger partial charge is 0.337 e. The zero-order valence-electron chi connectivity index (χ0n) is 10.9. The maximum Gasteiger partial charge on any atom is 0.337 e. The van der Waals surface area contributed by atoms with Crippen molar-refractivity contribution in [2.75, 3.05) is 7.11 Å². The molecule has 0 saturated carbocycles. The summed E-state index contributed by atoms with van der Waals surface area (Å²) in [5.41, 5.74) is 3.92. The van der Waals surface area contributed by atoms with Crippen LogP contribution in [0.3, 0.4) is 0 Å². The first-order valence-electron chi connectivity index (χ1n) is 6.18. The average Bonchev–Trinajstić information content (AvgIpc) is 2.54. The van der Waals surface area contributed by atoms with Crippen molar-refractivity contribution in [3.8, 4) is 11.3 Å². The van der Waals surface area contributed by atoms with Crippen LogP contribution in [-0.2, 0) is 4.74 Å². The first-order chi connectivity index (χ1) is 9.78. The molecule has 20 heavy (non-hydrogen) atoms. The molecule has 0 aliphatic carbocycles. The molecule has 0 bridgehead atoms. The molecule has 3 rings (SSSR count). The topological polar surface area (TPSA) is 52.1 Å². The van der Waals surface area contributed by atoms with Crippen LogP contribution >= 0.6 is 0 Å². The minimum atomic E-state index is -0.346. The first-order valence-corrected chi connectivity index (χ1v) is 6.18. The van der Waals surface area contributed by atoms with Crippen LogP contribution in [-0.4, -0.2) is 23.0 Å². The molecule has 0 atom stereocenters. The second-order valence-electron chi connectivity index (χ2n) is 4.31. The van der Waals surface area contributed by atoms with Crippen molar-refractivity contribution in [3.05, 3.63) is 60.3 Å². The number of ether oxygens (including phenoxy) is 1. The molecule has 0 fully saturated rings.